The summed E-state index contributed by atoms with van der Waals surface area (Å²) in [6.07, 6.45) is 1.30. The number of carbonyl (C=O) groups excluding carboxylic acids is 1. The second-order valence-electron chi connectivity index (χ2n) is 7.03. The molecule has 6 nitrogen and oxygen atoms in total. The Morgan fingerprint density at radius 3 is 2.83 bits per heavy atom. The third-order valence-electron chi connectivity index (χ3n) is 4.85. The van der Waals surface area contributed by atoms with Crippen molar-refractivity contribution in [3.05, 3.63) is 58.6 Å². The minimum absolute atomic E-state index is 0. The molecule has 1 atom stereocenters. The number of guanidine groups is 1. The van der Waals surface area contributed by atoms with Gasteiger partial charge in [0.2, 0.25) is 5.91 Å². The Kier molecular flexibility index (Phi) is 9.71. The molecule has 30 heavy (non-hydrogen) atoms. The normalized spacial score (nSPS) is 15.5. The van der Waals surface area contributed by atoms with Crippen LogP contribution in [-0.4, -0.2) is 38.6 Å². The molecule has 0 aromatic heterocycles. The summed E-state index contributed by atoms with van der Waals surface area (Å²) in [6, 6.07) is 13.6. The van der Waals surface area contributed by atoms with Gasteiger partial charge in [0, 0.05) is 43.2 Å². The number of rotatable bonds is 7. The minimum atomic E-state index is 0. The van der Waals surface area contributed by atoms with Crippen LogP contribution in [0.5, 0.6) is 5.75 Å². The van der Waals surface area contributed by atoms with Crippen LogP contribution in [0, 0.1) is 6.92 Å². The first-order valence-corrected chi connectivity index (χ1v) is 10.2. The standard InChI is InChI=1S/C22H27ClN4O2.HI/c1-15-12-17(23)8-9-20(15)29-11-5-10-25-22(24-2)26-14-16-13-21(28)27-19-7-4-3-6-18(16)19;/h3-4,6-9,12,16H,5,10-11,13-14H2,1-2H3,(H,27,28)(H2,24,25,26);1H. The van der Waals surface area contributed by atoms with Gasteiger partial charge in [-0.05, 0) is 48.7 Å². The first-order valence-electron chi connectivity index (χ1n) is 9.79. The number of nitrogens with one attached hydrogen (secondary N) is 3. The van der Waals surface area contributed by atoms with E-state index < -0.39 is 0 Å². The molecule has 2 aromatic carbocycles. The highest BCUT2D eigenvalue weighted by molar-refractivity contribution is 14.0. The molecule has 1 unspecified atom stereocenters. The Labute approximate surface area is 199 Å². The number of hydrogen-bond acceptors (Lipinski definition) is 3. The third kappa shape index (κ3) is 6.77. The van der Waals surface area contributed by atoms with Gasteiger partial charge in [-0.1, -0.05) is 29.8 Å². The quantitative estimate of drug-likeness (QED) is 0.211. The Morgan fingerprint density at radius 2 is 2.07 bits per heavy atom. The van der Waals surface area contributed by atoms with Crippen LogP contribution in [-0.2, 0) is 4.79 Å². The second-order valence-corrected chi connectivity index (χ2v) is 7.46. The van der Waals surface area contributed by atoms with Crippen molar-refractivity contribution in [1.29, 1.82) is 0 Å². The maximum atomic E-state index is 11.9. The van der Waals surface area contributed by atoms with Crippen LogP contribution in [0.2, 0.25) is 5.02 Å². The molecule has 162 valence electrons. The lowest BCUT2D eigenvalue weighted by Gasteiger charge is -2.26. The second kappa shape index (κ2) is 12.0. The van der Waals surface area contributed by atoms with Gasteiger partial charge in [0.15, 0.2) is 5.96 Å². The fourth-order valence-electron chi connectivity index (χ4n) is 3.36. The van der Waals surface area contributed by atoms with Gasteiger partial charge in [-0.25, -0.2) is 0 Å². The minimum Gasteiger partial charge on any atom is -0.493 e. The van der Waals surface area contributed by atoms with Crippen molar-refractivity contribution in [1.82, 2.24) is 10.6 Å². The lowest BCUT2D eigenvalue weighted by molar-refractivity contribution is -0.116. The van der Waals surface area contributed by atoms with Crippen molar-refractivity contribution in [2.45, 2.75) is 25.7 Å². The van der Waals surface area contributed by atoms with E-state index in [9.17, 15) is 4.79 Å². The Hall–Kier alpha value is -2.00. The van der Waals surface area contributed by atoms with E-state index in [0.29, 0.717) is 24.6 Å². The molecule has 3 N–H and O–H groups in total. The van der Waals surface area contributed by atoms with Crippen LogP contribution in [0.4, 0.5) is 5.69 Å². The Bertz CT molecular complexity index is 891. The number of halogens is 2. The largest absolute Gasteiger partial charge is 0.493 e. The van der Waals surface area contributed by atoms with Gasteiger partial charge in [-0.3, -0.25) is 9.79 Å². The third-order valence-corrected chi connectivity index (χ3v) is 5.09. The van der Waals surface area contributed by atoms with Crippen LogP contribution in [0.3, 0.4) is 0 Å². The number of aliphatic imine (C=N–C) groups is 1. The molecule has 0 fully saturated rings. The summed E-state index contributed by atoms with van der Waals surface area (Å²) in [5.41, 5.74) is 3.08. The molecular formula is C22H28ClIN4O2. The van der Waals surface area contributed by atoms with Crippen molar-refractivity contribution in [2.75, 3.05) is 32.1 Å². The molecule has 3 rings (SSSR count). The predicted molar refractivity (Wildman–Crippen MR) is 134 cm³/mol. The topological polar surface area (TPSA) is 74.8 Å². The monoisotopic (exact) mass is 542 g/mol. The Balaban J connectivity index is 0.00000320. The Morgan fingerprint density at radius 1 is 1.27 bits per heavy atom. The molecule has 2 aromatic rings. The number of hydrogen-bond donors (Lipinski definition) is 3. The highest BCUT2D eigenvalue weighted by Crippen LogP contribution is 2.31. The number of carbonyl (C=O) groups is 1. The van der Waals surface area contributed by atoms with E-state index in [1.165, 1.54) is 0 Å². The zero-order valence-electron chi connectivity index (χ0n) is 17.2. The average Bonchev–Trinajstić information content (AvgIpc) is 2.71. The van der Waals surface area contributed by atoms with Crippen molar-refractivity contribution >= 4 is 53.1 Å². The number of anilines is 1. The number of nitrogens with zero attached hydrogens (tertiary/aromatic N) is 1. The molecule has 0 spiro atoms. The SMILES string of the molecule is CN=C(NCCCOc1ccc(Cl)cc1C)NCC1CC(=O)Nc2ccccc21.I. The number of para-hydroxylation sites is 1. The van der Waals surface area contributed by atoms with Gasteiger partial charge >= 0.3 is 0 Å². The smallest absolute Gasteiger partial charge is 0.225 e. The van der Waals surface area contributed by atoms with E-state index in [-0.39, 0.29) is 35.8 Å². The van der Waals surface area contributed by atoms with Gasteiger partial charge in [0.05, 0.1) is 6.61 Å². The maximum Gasteiger partial charge on any atom is 0.225 e. The molecule has 1 heterocycles. The van der Waals surface area contributed by atoms with Crippen LogP contribution in [0.1, 0.15) is 29.9 Å². The first-order chi connectivity index (χ1) is 14.1. The predicted octanol–water partition coefficient (Wildman–Crippen LogP) is 4.33. The van der Waals surface area contributed by atoms with Gasteiger partial charge < -0.3 is 20.7 Å². The fraction of sp³-hybridized carbons (Fsp3) is 0.364. The summed E-state index contributed by atoms with van der Waals surface area (Å²) in [7, 11) is 1.74. The summed E-state index contributed by atoms with van der Waals surface area (Å²) in [4.78, 5) is 16.2. The lowest BCUT2D eigenvalue weighted by Crippen LogP contribution is -2.41. The van der Waals surface area contributed by atoms with Gasteiger partial charge in [0.25, 0.3) is 0 Å². The van der Waals surface area contributed by atoms with E-state index in [1.54, 1.807) is 7.05 Å². The molecule has 0 radical (unpaired) electrons. The molecule has 0 aliphatic carbocycles. The number of ether oxygens (including phenoxy) is 1. The molecule has 8 heteroatoms. The van der Waals surface area contributed by atoms with Gasteiger partial charge in [-0.2, -0.15) is 0 Å². The van der Waals surface area contributed by atoms with Crippen LogP contribution in [0.15, 0.2) is 47.5 Å². The highest BCUT2D eigenvalue weighted by Gasteiger charge is 2.24. The van der Waals surface area contributed by atoms with E-state index in [4.69, 9.17) is 16.3 Å². The molecule has 1 aliphatic heterocycles. The van der Waals surface area contributed by atoms with E-state index >= 15 is 0 Å². The van der Waals surface area contributed by atoms with Crippen molar-refractivity contribution in [3.63, 3.8) is 0 Å². The van der Waals surface area contributed by atoms with Crippen molar-refractivity contribution < 1.29 is 9.53 Å². The van der Waals surface area contributed by atoms with E-state index in [0.717, 1.165) is 41.5 Å². The van der Waals surface area contributed by atoms with Gasteiger partial charge in [-0.15, -0.1) is 24.0 Å². The highest BCUT2D eigenvalue weighted by atomic mass is 127. The molecule has 0 saturated heterocycles. The summed E-state index contributed by atoms with van der Waals surface area (Å²) >= 11 is 5.97. The van der Waals surface area contributed by atoms with Crippen molar-refractivity contribution in [3.8, 4) is 5.75 Å². The summed E-state index contributed by atoms with van der Waals surface area (Å²) in [5.74, 6) is 1.74. The number of fused-ring (bicyclic) bond motifs is 1. The van der Waals surface area contributed by atoms with Crippen molar-refractivity contribution in [2.24, 2.45) is 4.99 Å². The molecule has 0 bridgehead atoms. The average molecular weight is 543 g/mol. The van der Waals surface area contributed by atoms with E-state index in [1.807, 2.05) is 43.3 Å². The first kappa shape index (κ1) is 24.3. The zero-order valence-corrected chi connectivity index (χ0v) is 20.3. The summed E-state index contributed by atoms with van der Waals surface area (Å²) in [5, 5.41) is 10.3. The van der Waals surface area contributed by atoms with Crippen LogP contribution >= 0.6 is 35.6 Å². The molecular weight excluding hydrogens is 515 g/mol. The molecule has 0 saturated carbocycles. The number of amides is 1. The summed E-state index contributed by atoms with van der Waals surface area (Å²) in [6.45, 7) is 3.95. The molecule has 1 amide bonds. The number of aryl methyl sites for hydroxylation is 1. The van der Waals surface area contributed by atoms with E-state index in [2.05, 4.69) is 27.0 Å². The van der Waals surface area contributed by atoms with Gasteiger partial charge in [0.1, 0.15) is 5.75 Å². The molecule has 1 aliphatic rings. The lowest BCUT2D eigenvalue weighted by atomic mass is 9.90. The summed E-state index contributed by atoms with van der Waals surface area (Å²) < 4.78 is 5.81. The number of benzene rings is 2. The van der Waals surface area contributed by atoms with Crippen LogP contribution in [0.25, 0.3) is 0 Å². The fourth-order valence-corrected chi connectivity index (χ4v) is 3.59. The maximum absolute atomic E-state index is 11.9. The zero-order chi connectivity index (χ0) is 20.6. The van der Waals surface area contributed by atoms with Crippen LogP contribution < -0.4 is 20.7 Å².